The molecule has 2 N–H and O–H groups in total. The molecule has 0 aliphatic rings. The van der Waals surface area contributed by atoms with Crippen LogP contribution in [-0.4, -0.2) is 26.6 Å². The van der Waals surface area contributed by atoms with Crippen molar-refractivity contribution in [3.8, 4) is 11.1 Å². The molecule has 37 heavy (non-hydrogen) atoms. The molecule has 0 aliphatic heterocycles. The normalized spacial score (nSPS) is 11.7. The van der Waals surface area contributed by atoms with Gasteiger partial charge in [0.2, 0.25) is 5.56 Å². The minimum absolute atomic E-state index is 0. The second-order valence-electron chi connectivity index (χ2n) is 8.53. The summed E-state index contributed by atoms with van der Waals surface area (Å²) in [4.78, 5) is 23.0. The number of rotatable bonds is 7. The van der Waals surface area contributed by atoms with Gasteiger partial charge in [0.05, 0.1) is 11.3 Å². The smallest absolute Gasteiger partial charge is 0.335 e. The zero-order valence-electron chi connectivity index (χ0n) is 19.6. The molecule has 4 aromatic rings. The van der Waals surface area contributed by atoms with Crippen molar-refractivity contribution in [1.29, 1.82) is 0 Å². The summed E-state index contributed by atoms with van der Waals surface area (Å²) in [7, 11) is 1.67. The van der Waals surface area contributed by atoms with E-state index in [4.69, 9.17) is 5.11 Å². The summed E-state index contributed by atoms with van der Waals surface area (Å²) in [5.74, 6) is -1.03. The molecule has 0 aliphatic carbocycles. The number of aromatic nitrogens is 1. The van der Waals surface area contributed by atoms with Gasteiger partial charge in [-0.15, -0.1) is 0 Å². The molecule has 1 unspecified atom stereocenters. The minimum Gasteiger partial charge on any atom is -0.478 e. The quantitative estimate of drug-likeness (QED) is 0.168. The van der Waals surface area contributed by atoms with E-state index in [2.05, 4.69) is 24.2 Å². The van der Waals surface area contributed by atoms with Gasteiger partial charge in [0.1, 0.15) is 0 Å². The average molecular weight is 499 g/mol. The number of carbonyl (C=O) groups is 1. The van der Waals surface area contributed by atoms with Crippen LogP contribution >= 0.6 is 0 Å². The predicted octanol–water partition coefficient (Wildman–Crippen LogP) is 6.73. The Morgan fingerprint density at radius 3 is 1.97 bits per heavy atom. The lowest BCUT2D eigenvalue weighted by Gasteiger charge is -2.21. The molecule has 0 amide bonds. The van der Waals surface area contributed by atoms with Crippen LogP contribution in [0.25, 0.3) is 11.1 Å². The van der Waals surface area contributed by atoms with Gasteiger partial charge in [-0.05, 0) is 52.9 Å². The van der Waals surface area contributed by atoms with Crippen molar-refractivity contribution < 1.29 is 15.1 Å². The minimum atomic E-state index is -0.951. The highest BCUT2D eigenvalue weighted by Crippen LogP contribution is 2.33. The predicted molar refractivity (Wildman–Crippen MR) is 150 cm³/mol. The number of hydrogen-bond donors (Lipinski definition) is 2. The molecular formula is C31H34N2O4. The van der Waals surface area contributed by atoms with Gasteiger partial charge in [-0.3, -0.25) is 4.79 Å². The van der Waals surface area contributed by atoms with Gasteiger partial charge in [-0.25, -0.2) is 4.79 Å². The standard InChI is InChI=1S/C29H26N2O4.2CH4/c1-19-5-3-4-6-25(19)26(17-27(30-35)24-15-16-28(32)31(2)18-24)22-11-7-20(8-12-22)21-9-13-23(14-10-21)29(33)34;;/h3-16,18,26,35H,17H2,1-2H3,(H,33,34);2*1H4/b30-27+;;. The molecule has 0 bridgehead atoms. The summed E-state index contributed by atoms with van der Waals surface area (Å²) in [6, 6.07) is 26.2. The highest BCUT2D eigenvalue weighted by atomic mass is 16.4. The van der Waals surface area contributed by atoms with E-state index in [1.807, 2.05) is 36.4 Å². The monoisotopic (exact) mass is 498 g/mol. The lowest BCUT2D eigenvalue weighted by Crippen LogP contribution is -2.18. The Morgan fingerprint density at radius 2 is 1.43 bits per heavy atom. The third-order valence-corrected chi connectivity index (χ3v) is 6.28. The van der Waals surface area contributed by atoms with Gasteiger partial charge >= 0.3 is 5.97 Å². The van der Waals surface area contributed by atoms with Crippen LogP contribution in [0.2, 0.25) is 0 Å². The van der Waals surface area contributed by atoms with Crippen LogP contribution in [0, 0.1) is 6.92 Å². The Balaban J connectivity index is 0.00000241. The fourth-order valence-electron chi connectivity index (χ4n) is 4.27. The maximum atomic E-state index is 11.8. The lowest BCUT2D eigenvalue weighted by atomic mass is 9.83. The number of hydrogen-bond acceptors (Lipinski definition) is 4. The third kappa shape index (κ3) is 6.41. The number of oxime groups is 1. The molecule has 4 rings (SSSR count). The number of nitrogens with zero attached hydrogens (tertiary/aromatic N) is 2. The van der Waals surface area contributed by atoms with E-state index < -0.39 is 5.97 Å². The van der Waals surface area contributed by atoms with Gasteiger partial charge in [-0.1, -0.05) is 80.7 Å². The second kappa shape index (κ2) is 12.5. The first kappa shape index (κ1) is 28.8. The Labute approximate surface area is 218 Å². The first-order chi connectivity index (χ1) is 16.9. The molecule has 1 aromatic heterocycles. The number of carboxylic acid groups (broad SMARTS) is 1. The number of carboxylic acids is 1. The summed E-state index contributed by atoms with van der Waals surface area (Å²) in [5, 5.41) is 22.6. The fourth-order valence-corrected chi connectivity index (χ4v) is 4.27. The number of pyridine rings is 1. The SMILES string of the molecule is C.C.Cc1ccccc1C(C/C(=N\O)c1ccc(=O)n(C)c1)c1ccc(-c2ccc(C(=O)O)cc2)cc1. The van der Waals surface area contributed by atoms with Crippen LogP contribution in [0.3, 0.4) is 0 Å². The van der Waals surface area contributed by atoms with Crippen LogP contribution in [0.4, 0.5) is 0 Å². The molecule has 6 nitrogen and oxygen atoms in total. The van der Waals surface area contributed by atoms with Crippen molar-refractivity contribution in [3.63, 3.8) is 0 Å². The summed E-state index contributed by atoms with van der Waals surface area (Å²) < 4.78 is 1.47. The van der Waals surface area contributed by atoms with Crippen molar-refractivity contribution in [3.05, 3.63) is 129 Å². The van der Waals surface area contributed by atoms with Crippen LogP contribution in [0.15, 0.2) is 101 Å². The molecule has 0 fully saturated rings. The van der Waals surface area contributed by atoms with E-state index in [1.54, 1.807) is 43.6 Å². The number of aryl methyl sites for hydroxylation is 2. The van der Waals surface area contributed by atoms with Crippen molar-refractivity contribution in [1.82, 2.24) is 4.57 Å². The van der Waals surface area contributed by atoms with E-state index in [0.717, 1.165) is 27.8 Å². The van der Waals surface area contributed by atoms with E-state index in [9.17, 15) is 14.8 Å². The zero-order chi connectivity index (χ0) is 24.9. The fraction of sp³-hybridized carbons (Fsp3) is 0.194. The third-order valence-electron chi connectivity index (χ3n) is 6.28. The van der Waals surface area contributed by atoms with Gasteiger partial charge in [-0.2, -0.15) is 0 Å². The first-order valence-corrected chi connectivity index (χ1v) is 11.2. The number of benzene rings is 3. The molecule has 1 atom stereocenters. The zero-order valence-corrected chi connectivity index (χ0v) is 19.6. The lowest BCUT2D eigenvalue weighted by molar-refractivity contribution is 0.0697. The molecule has 1 heterocycles. The Morgan fingerprint density at radius 1 is 0.865 bits per heavy atom. The molecule has 0 saturated heterocycles. The van der Waals surface area contributed by atoms with E-state index >= 15 is 0 Å². The van der Waals surface area contributed by atoms with E-state index in [-0.39, 0.29) is 31.9 Å². The van der Waals surface area contributed by atoms with Crippen LogP contribution < -0.4 is 5.56 Å². The molecule has 192 valence electrons. The first-order valence-electron chi connectivity index (χ1n) is 11.2. The molecule has 0 saturated carbocycles. The Kier molecular flexibility index (Phi) is 9.72. The summed E-state index contributed by atoms with van der Waals surface area (Å²) in [6.07, 6.45) is 2.11. The van der Waals surface area contributed by atoms with Crippen LogP contribution in [0.5, 0.6) is 0 Å². The molecule has 0 radical (unpaired) electrons. The van der Waals surface area contributed by atoms with E-state index in [1.165, 1.54) is 10.6 Å². The maximum absolute atomic E-state index is 11.8. The van der Waals surface area contributed by atoms with Gasteiger partial charge in [0, 0.05) is 37.2 Å². The summed E-state index contributed by atoms with van der Waals surface area (Å²) in [5.41, 5.74) is 6.50. The highest BCUT2D eigenvalue weighted by Gasteiger charge is 2.21. The molecule has 0 spiro atoms. The van der Waals surface area contributed by atoms with Crippen molar-refractivity contribution >= 4 is 11.7 Å². The van der Waals surface area contributed by atoms with Gasteiger partial charge in [0.25, 0.3) is 0 Å². The van der Waals surface area contributed by atoms with Gasteiger partial charge < -0.3 is 14.9 Å². The van der Waals surface area contributed by atoms with Crippen LogP contribution in [0.1, 0.15) is 59.8 Å². The maximum Gasteiger partial charge on any atom is 0.335 e. The van der Waals surface area contributed by atoms with Crippen molar-refractivity contribution in [2.24, 2.45) is 12.2 Å². The van der Waals surface area contributed by atoms with Gasteiger partial charge in [0.15, 0.2) is 0 Å². The highest BCUT2D eigenvalue weighted by molar-refractivity contribution is 6.00. The van der Waals surface area contributed by atoms with Crippen molar-refractivity contribution in [2.75, 3.05) is 0 Å². The largest absolute Gasteiger partial charge is 0.478 e. The second-order valence-corrected chi connectivity index (χ2v) is 8.53. The number of aromatic carboxylic acids is 1. The average Bonchev–Trinajstić information content (AvgIpc) is 2.87. The Bertz CT molecular complexity index is 1440. The summed E-state index contributed by atoms with van der Waals surface area (Å²) in [6.45, 7) is 2.06. The molecule has 6 heteroatoms. The van der Waals surface area contributed by atoms with Crippen molar-refractivity contribution in [2.45, 2.75) is 34.1 Å². The Hall–Kier alpha value is -4.45. The summed E-state index contributed by atoms with van der Waals surface area (Å²) >= 11 is 0. The van der Waals surface area contributed by atoms with Crippen LogP contribution in [-0.2, 0) is 7.05 Å². The molecule has 3 aromatic carbocycles. The van der Waals surface area contributed by atoms with E-state index in [0.29, 0.717) is 17.7 Å². The molecular weight excluding hydrogens is 464 g/mol. The topological polar surface area (TPSA) is 91.9 Å².